The number of nitrogens with zero attached hydrogens (tertiary/aromatic N) is 1. The quantitative estimate of drug-likeness (QED) is 0.430. The Kier molecular flexibility index (Phi) is 5.14. The molecule has 33 heavy (non-hydrogen) atoms. The van der Waals surface area contributed by atoms with Crippen LogP contribution >= 0.6 is 0 Å². The SMILES string of the molecule is COc1cccc2cc(C(=O)C3=C([O-])C(=O)N(Cc4ccc[nH+]c4)C3c3ccccc3)oc12. The van der Waals surface area contributed by atoms with E-state index in [0.29, 0.717) is 22.3 Å². The van der Waals surface area contributed by atoms with Gasteiger partial charge in [0.2, 0.25) is 11.7 Å². The molecule has 1 N–H and O–H groups in total. The number of nitrogens with one attached hydrogen (secondary N) is 1. The molecule has 1 aliphatic heterocycles. The largest absolute Gasteiger partial charge is 0.868 e. The number of methoxy groups -OCH3 is 1. The molecule has 1 aliphatic rings. The minimum absolute atomic E-state index is 0.0125. The molecule has 164 valence electrons. The molecule has 2 aromatic heterocycles. The summed E-state index contributed by atoms with van der Waals surface area (Å²) in [5.41, 5.74) is 1.77. The van der Waals surface area contributed by atoms with Crippen LogP contribution in [0.2, 0.25) is 0 Å². The summed E-state index contributed by atoms with van der Waals surface area (Å²) in [6.45, 7) is 0.173. The normalized spacial score (nSPS) is 16.0. The van der Waals surface area contributed by atoms with Gasteiger partial charge in [-0.15, -0.1) is 0 Å². The van der Waals surface area contributed by atoms with Gasteiger partial charge in [-0.2, -0.15) is 0 Å². The van der Waals surface area contributed by atoms with Crippen LogP contribution in [-0.2, 0) is 11.3 Å². The summed E-state index contributed by atoms with van der Waals surface area (Å²) in [6, 6.07) is 18.8. The molecule has 7 heteroatoms. The minimum atomic E-state index is -0.825. The number of aromatic nitrogens is 1. The molecule has 1 unspecified atom stereocenters. The highest BCUT2D eigenvalue weighted by Gasteiger charge is 2.40. The average Bonchev–Trinajstić information content (AvgIpc) is 3.40. The van der Waals surface area contributed by atoms with Crippen molar-refractivity contribution >= 4 is 22.7 Å². The van der Waals surface area contributed by atoms with Crippen molar-refractivity contribution in [3.8, 4) is 5.75 Å². The first-order valence-corrected chi connectivity index (χ1v) is 10.4. The summed E-state index contributed by atoms with van der Waals surface area (Å²) in [7, 11) is 1.51. The number of aromatic amines is 1. The number of hydrogen-bond acceptors (Lipinski definition) is 5. The molecule has 0 fully saturated rings. The van der Waals surface area contributed by atoms with E-state index in [-0.39, 0.29) is 17.9 Å². The van der Waals surface area contributed by atoms with Gasteiger partial charge in [0, 0.05) is 22.6 Å². The average molecular weight is 440 g/mol. The Bertz CT molecular complexity index is 1380. The van der Waals surface area contributed by atoms with Gasteiger partial charge in [-0.25, -0.2) is 4.98 Å². The number of carbonyl (C=O) groups excluding carboxylic acids is 2. The van der Waals surface area contributed by atoms with E-state index in [1.165, 1.54) is 12.0 Å². The number of furan rings is 1. The first kappa shape index (κ1) is 20.5. The Morgan fingerprint density at radius 3 is 2.67 bits per heavy atom. The minimum Gasteiger partial charge on any atom is -0.868 e. The van der Waals surface area contributed by atoms with E-state index in [1.54, 1.807) is 48.8 Å². The van der Waals surface area contributed by atoms with Gasteiger partial charge in [0.25, 0.3) is 0 Å². The van der Waals surface area contributed by atoms with Crippen molar-refractivity contribution < 1.29 is 28.8 Å². The molecule has 0 bridgehead atoms. The number of carbonyl (C=O) groups is 2. The smallest absolute Gasteiger partial charge is 0.240 e. The molecule has 0 saturated carbocycles. The van der Waals surface area contributed by atoms with Crippen LogP contribution in [-0.4, -0.2) is 23.7 Å². The van der Waals surface area contributed by atoms with Gasteiger partial charge in [-0.1, -0.05) is 42.5 Å². The van der Waals surface area contributed by atoms with Crippen molar-refractivity contribution in [1.82, 2.24) is 4.90 Å². The first-order chi connectivity index (χ1) is 16.1. The third kappa shape index (κ3) is 3.53. The molecule has 0 radical (unpaired) electrons. The van der Waals surface area contributed by atoms with Crippen LogP contribution in [0.1, 0.15) is 27.7 Å². The van der Waals surface area contributed by atoms with Gasteiger partial charge in [0.15, 0.2) is 29.5 Å². The lowest BCUT2D eigenvalue weighted by atomic mass is 9.95. The molecule has 3 heterocycles. The molecule has 7 nitrogen and oxygen atoms in total. The van der Waals surface area contributed by atoms with Crippen LogP contribution in [0.3, 0.4) is 0 Å². The lowest BCUT2D eigenvalue weighted by Crippen LogP contribution is -2.32. The van der Waals surface area contributed by atoms with Gasteiger partial charge in [0.05, 0.1) is 19.7 Å². The topological polar surface area (TPSA) is 97.0 Å². The Hall–Kier alpha value is -4.39. The van der Waals surface area contributed by atoms with E-state index in [2.05, 4.69) is 4.98 Å². The summed E-state index contributed by atoms with van der Waals surface area (Å²) in [4.78, 5) is 31.0. The molecule has 1 amide bonds. The number of pyridine rings is 1. The summed E-state index contributed by atoms with van der Waals surface area (Å²) < 4.78 is 11.1. The second-order valence-corrected chi connectivity index (χ2v) is 7.72. The maximum Gasteiger partial charge on any atom is 0.240 e. The maximum absolute atomic E-state index is 13.6. The van der Waals surface area contributed by atoms with E-state index in [1.807, 2.05) is 30.3 Å². The Morgan fingerprint density at radius 1 is 1.12 bits per heavy atom. The number of rotatable bonds is 6. The van der Waals surface area contributed by atoms with E-state index in [9.17, 15) is 14.7 Å². The molecule has 1 atom stereocenters. The van der Waals surface area contributed by atoms with Crippen LogP contribution in [0.5, 0.6) is 5.75 Å². The number of para-hydroxylation sites is 1. The highest BCUT2D eigenvalue weighted by Crippen LogP contribution is 2.40. The van der Waals surface area contributed by atoms with Gasteiger partial charge >= 0.3 is 0 Å². The zero-order chi connectivity index (χ0) is 22.9. The third-order valence-electron chi connectivity index (χ3n) is 5.72. The van der Waals surface area contributed by atoms with Crippen LogP contribution in [0, 0.1) is 0 Å². The number of benzene rings is 2. The number of ketones is 1. The highest BCUT2D eigenvalue weighted by atomic mass is 16.5. The number of Topliss-reactive ketones (excluding diaryl/α,β-unsaturated/α-hetero) is 1. The number of ether oxygens (including phenoxy) is 1. The molecule has 5 rings (SSSR count). The molecule has 0 spiro atoms. The third-order valence-corrected chi connectivity index (χ3v) is 5.72. The number of fused-ring (bicyclic) bond motifs is 1. The molecule has 2 aromatic carbocycles. The van der Waals surface area contributed by atoms with Crippen LogP contribution in [0.15, 0.2) is 94.9 Å². The zero-order valence-corrected chi connectivity index (χ0v) is 17.8. The zero-order valence-electron chi connectivity index (χ0n) is 17.8. The number of hydrogen-bond donors (Lipinski definition) is 0. The standard InChI is InChI=1S/C26H20N2O5/c1-32-19-11-5-10-18-13-20(33-25(18)19)23(29)21-22(17-8-3-2-4-9-17)28(26(31)24(21)30)15-16-7-6-12-27-14-16/h2-14,22,30H,15H2,1H3. The van der Waals surface area contributed by atoms with Crippen molar-refractivity contribution in [2.24, 2.45) is 0 Å². The lowest BCUT2D eigenvalue weighted by molar-refractivity contribution is -0.378. The van der Waals surface area contributed by atoms with Gasteiger partial charge < -0.3 is 19.2 Å². The monoisotopic (exact) mass is 440 g/mol. The predicted molar refractivity (Wildman–Crippen MR) is 117 cm³/mol. The Labute approximate surface area is 189 Å². The molecular weight excluding hydrogens is 420 g/mol. The Morgan fingerprint density at radius 2 is 1.94 bits per heavy atom. The lowest BCUT2D eigenvalue weighted by Gasteiger charge is -2.27. The first-order valence-electron chi connectivity index (χ1n) is 10.4. The van der Waals surface area contributed by atoms with Crippen molar-refractivity contribution in [2.75, 3.05) is 7.11 Å². The fourth-order valence-corrected chi connectivity index (χ4v) is 4.18. The second-order valence-electron chi connectivity index (χ2n) is 7.72. The highest BCUT2D eigenvalue weighted by molar-refractivity contribution is 6.15. The molecule has 4 aromatic rings. The predicted octanol–water partition coefficient (Wildman–Crippen LogP) is 2.84. The summed E-state index contributed by atoms with van der Waals surface area (Å²) in [5.74, 6) is -1.68. The van der Waals surface area contributed by atoms with E-state index >= 15 is 0 Å². The fraction of sp³-hybridized carbons (Fsp3) is 0.115. The van der Waals surface area contributed by atoms with Gasteiger partial charge in [-0.3, -0.25) is 9.59 Å². The van der Waals surface area contributed by atoms with Crippen LogP contribution in [0.4, 0.5) is 0 Å². The summed E-state index contributed by atoms with van der Waals surface area (Å²) in [6.07, 6.45) is 3.51. The van der Waals surface area contributed by atoms with Crippen LogP contribution in [0.25, 0.3) is 11.0 Å². The number of H-pyrrole nitrogens is 1. The molecule has 0 saturated heterocycles. The second kappa shape index (κ2) is 8.27. The fourth-order valence-electron chi connectivity index (χ4n) is 4.18. The van der Waals surface area contributed by atoms with E-state index < -0.39 is 23.5 Å². The molecule has 0 aliphatic carbocycles. The van der Waals surface area contributed by atoms with Gasteiger partial charge in [0.1, 0.15) is 0 Å². The van der Waals surface area contributed by atoms with Crippen molar-refractivity contribution in [3.63, 3.8) is 0 Å². The van der Waals surface area contributed by atoms with E-state index in [4.69, 9.17) is 9.15 Å². The Balaban J connectivity index is 1.60. The van der Waals surface area contributed by atoms with Crippen molar-refractivity contribution in [2.45, 2.75) is 12.6 Å². The van der Waals surface area contributed by atoms with E-state index in [0.717, 1.165) is 5.56 Å². The van der Waals surface area contributed by atoms with Crippen molar-refractivity contribution in [3.05, 3.63) is 107 Å². The van der Waals surface area contributed by atoms with Crippen molar-refractivity contribution in [1.29, 1.82) is 0 Å². The van der Waals surface area contributed by atoms with Crippen LogP contribution < -0.4 is 14.8 Å². The summed E-state index contributed by atoms with van der Waals surface area (Å²) in [5, 5.41) is 13.8. The summed E-state index contributed by atoms with van der Waals surface area (Å²) >= 11 is 0. The maximum atomic E-state index is 13.6. The van der Waals surface area contributed by atoms with Gasteiger partial charge in [-0.05, 0) is 29.5 Å². The molecular formula is C26H20N2O5. The number of amides is 1.